The van der Waals surface area contributed by atoms with Crippen molar-refractivity contribution in [3.8, 4) is 0 Å². The van der Waals surface area contributed by atoms with E-state index < -0.39 is 17.4 Å². The van der Waals surface area contributed by atoms with E-state index in [2.05, 4.69) is 27.6 Å². The number of hydrogen-bond acceptors (Lipinski definition) is 2. The highest BCUT2D eigenvalue weighted by atomic mass is 79.9. The molecule has 0 spiro atoms. The third kappa shape index (κ3) is 17.9. The minimum Gasteiger partial charge on any atom is -0.458 e. The van der Waals surface area contributed by atoms with Gasteiger partial charge < -0.3 is 4.74 Å². The number of rotatable bonds is 15. The van der Waals surface area contributed by atoms with E-state index in [0.717, 1.165) is 19.3 Å². The highest BCUT2D eigenvalue weighted by Crippen LogP contribution is 2.21. The van der Waals surface area contributed by atoms with Crippen LogP contribution >= 0.6 is 15.9 Å². The van der Waals surface area contributed by atoms with E-state index in [1.165, 1.54) is 57.8 Å². The minimum absolute atomic E-state index is 0.237. The Kier molecular flexibility index (Phi) is 14.3. The molecule has 0 atom stereocenters. The topological polar surface area (TPSA) is 26.3 Å². The molecule has 2 nitrogen and oxygen atoms in total. The molecule has 0 unspecified atom stereocenters. The van der Waals surface area contributed by atoms with Gasteiger partial charge in [0, 0.05) is 6.42 Å². The first kappa shape index (κ1) is 21.8. The summed E-state index contributed by atoms with van der Waals surface area (Å²) in [4.78, 5) is 8.08. The first-order valence-electron chi connectivity index (χ1n) is 8.68. The van der Waals surface area contributed by atoms with Crippen molar-refractivity contribution in [1.82, 2.24) is 0 Å². The molecule has 0 saturated heterocycles. The molecule has 0 bridgehead atoms. The Hall–Kier alpha value is -0.190. The fourth-order valence-corrected chi connectivity index (χ4v) is 2.46. The van der Waals surface area contributed by atoms with Crippen molar-refractivity contribution in [3.63, 3.8) is 0 Å². The molecule has 5 heteroatoms. The van der Waals surface area contributed by atoms with Crippen LogP contribution in [0.15, 0.2) is 0 Å². The van der Waals surface area contributed by atoms with Gasteiger partial charge in [-0.1, -0.05) is 77.6 Å². The average Bonchev–Trinajstić information content (AvgIpc) is 2.45. The van der Waals surface area contributed by atoms with Gasteiger partial charge in [0.15, 0.2) is 6.61 Å². The van der Waals surface area contributed by atoms with E-state index in [4.69, 9.17) is 0 Å². The molecule has 0 aromatic carbocycles. The third-order valence-electron chi connectivity index (χ3n) is 3.63. The molecule has 0 aromatic heterocycles. The number of hydrogen-bond donors (Lipinski definition) is 0. The van der Waals surface area contributed by atoms with E-state index in [0.29, 0.717) is 0 Å². The fraction of sp³-hybridized carbons (Fsp3) is 0.941. The standard InChI is InChI=1S/C17H31BrF2O2/c1-2-3-4-5-6-7-8-9-10-11-12-13-14-16(21)22-15-17(18,19)20/h2-15H2,1H3. The average molecular weight is 385 g/mol. The van der Waals surface area contributed by atoms with Crippen molar-refractivity contribution >= 4 is 21.9 Å². The van der Waals surface area contributed by atoms with Gasteiger partial charge in [-0.25, -0.2) is 0 Å². The highest BCUT2D eigenvalue weighted by Gasteiger charge is 2.25. The van der Waals surface area contributed by atoms with Crippen LogP contribution in [0.25, 0.3) is 0 Å². The van der Waals surface area contributed by atoms with Crippen molar-refractivity contribution in [1.29, 1.82) is 0 Å². The van der Waals surface area contributed by atoms with Gasteiger partial charge in [0.2, 0.25) is 0 Å². The summed E-state index contributed by atoms with van der Waals surface area (Å²) in [6.45, 7) is 1.35. The van der Waals surface area contributed by atoms with E-state index in [-0.39, 0.29) is 6.42 Å². The monoisotopic (exact) mass is 384 g/mol. The van der Waals surface area contributed by atoms with Crippen molar-refractivity contribution < 1.29 is 18.3 Å². The van der Waals surface area contributed by atoms with Crippen LogP contribution in [0.5, 0.6) is 0 Å². The maximum absolute atomic E-state index is 12.4. The smallest absolute Gasteiger partial charge is 0.334 e. The molecule has 22 heavy (non-hydrogen) atoms. The van der Waals surface area contributed by atoms with Crippen molar-refractivity contribution in [2.75, 3.05) is 6.61 Å². The van der Waals surface area contributed by atoms with Gasteiger partial charge in [0.1, 0.15) is 0 Å². The second-order valence-electron chi connectivity index (χ2n) is 5.91. The molecular weight excluding hydrogens is 354 g/mol. The molecule has 0 amide bonds. The van der Waals surface area contributed by atoms with Gasteiger partial charge in [-0.3, -0.25) is 4.79 Å². The van der Waals surface area contributed by atoms with Crippen LogP contribution < -0.4 is 0 Å². The Balaban J connectivity index is 3.18. The van der Waals surface area contributed by atoms with Gasteiger partial charge in [-0.2, -0.15) is 8.78 Å². The largest absolute Gasteiger partial charge is 0.458 e. The Morgan fingerprint density at radius 3 is 1.68 bits per heavy atom. The summed E-state index contributed by atoms with van der Waals surface area (Å²) in [5.74, 6) is -0.536. The molecular formula is C17H31BrF2O2. The molecule has 0 rings (SSSR count). The molecule has 0 radical (unpaired) electrons. The van der Waals surface area contributed by atoms with Gasteiger partial charge in [-0.05, 0) is 22.4 Å². The van der Waals surface area contributed by atoms with Crippen molar-refractivity contribution in [2.24, 2.45) is 0 Å². The number of esters is 1. The molecule has 0 aromatic rings. The molecule has 0 heterocycles. The Morgan fingerprint density at radius 2 is 1.27 bits per heavy atom. The second-order valence-corrected chi connectivity index (χ2v) is 7.08. The molecule has 0 N–H and O–H groups in total. The maximum Gasteiger partial charge on any atom is 0.334 e. The zero-order chi connectivity index (χ0) is 16.7. The zero-order valence-corrected chi connectivity index (χ0v) is 15.4. The summed E-state index contributed by atoms with van der Waals surface area (Å²) in [5.41, 5.74) is 0. The fourth-order valence-electron chi connectivity index (χ4n) is 2.34. The molecule has 132 valence electrons. The number of ether oxygens (including phenoxy) is 1. The predicted molar refractivity (Wildman–Crippen MR) is 90.5 cm³/mol. The Bertz CT molecular complexity index is 268. The predicted octanol–water partition coefficient (Wildman–Crippen LogP) is 6.61. The van der Waals surface area contributed by atoms with Crippen molar-refractivity contribution in [3.05, 3.63) is 0 Å². The van der Waals surface area contributed by atoms with Crippen LogP contribution in [0.1, 0.15) is 90.4 Å². The van der Waals surface area contributed by atoms with Crippen LogP contribution in [0.4, 0.5) is 8.78 Å². The van der Waals surface area contributed by atoms with Crippen molar-refractivity contribution in [2.45, 2.75) is 95.2 Å². The van der Waals surface area contributed by atoms with E-state index in [1.807, 2.05) is 0 Å². The van der Waals surface area contributed by atoms with Gasteiger partial charge >= 0.3 is 10.8 Å². The summed E-state index contributed by atoms with van der Waals surface area (Å²) in [6.07, 6.45) is 14.9. The molecule has 0 saturated carbocycles. The lowest BCUT2D eigenvalue weighted by molar-refractivity contribution is -0.148. The minimum atomic E-state index is -3.11. The molecule has 0 fully saturated rings. The SMILES string of the molecule is CCCCCCCCCCCCCCC(=O)OCC(F)(F)Br. The normalized spacial score (nSPS) is 11.6. The first-order chi connectivity index (χ1) is 10.5. The number of carbonyl (C=O) groups excluding carboxylic acids is 1. The van der Waals surface area contributed by atoms with Crippen LogP contribution in [-0.2, 0) is 9.53 Å². The Morgan fingerprint density at radius 1 is 0.864 bits per heavy atom. The van der Waals surface area contributed by atoms with Crippen LogP contribution in [0.3, 0.4) is 0 Å². The lowest BCUT2D eigenvalue weighted by Gasteiger charge is -2.09. The highest BCUT2D eigenvalue weighted by molar-refractivity contribution is 9.10. The lowest BCUT2D eigenvalue weighted by atomic mass is 10.0. The molecule has 0 aliphatic rings. The van der Waals surface area contributed by atoms with Crippen LogP contribution in [0.2, 0.25) is 0 Å². The molecule has 0 aliphatic carbocycles. The van der Waals surface area contributed by atoms with E-state index in [9.17, 15) is 13.6 Å². The zero-order valence-electron chi connectivity index (χ0n) is 13.8. The van der Waals surface area contributed by atoms with Gasteiger partial charge in [0.25, 0.3) is 0 Å². The number of carbonyl (C=O) groups is 1. The summed E-state index contributed by atoms with van der Waals surface area (Å²) in [5, 5.41) is 0. The quantitative estimate of drug-likeness (QED) is 0.180. The summed E-state index contributed by atoms with van der Waals surface area (Å²) in [6, 6.07) is 0. The van der Waals surface area contributed by atoms with E-state index in [1.54, 1.807) is 0 Å². The van der Waals surface area contributed by atoms with Gasteiger partial charge in [0.05, 0.1) is 0 Å². The molecule has 0 aliphatic heterocycles. The Labute approximate surface area is 142 Å². The summed E-state index contributed by atoms with van der Waals surface area (Å²) < 4.78 is 29.3. The van der Waals surface area contributed by atoms with Crippen LogP contribution in [0, 0.1) is 0 Å². The first-order valence-corrected chi connectivity index (χ1v) is 9.47. The lowest BCUT2D eigenvalue weighted by Crippen LogP contribution is -2.18. The number of alkyl halides is 3. The maximum atomic E-state index is 12.4. The number of halogens is 3. The van der Waals surface area contributed by atoms with Crippen LogP contribution in [-0.4, -0.2) is 17.4 Å². The summed E-state index contributed by atoms with van der Waals surface area (Å²) >= 11 is 2.14. The number of unbranched alkanes of at least 4 members (excludes halogenated alkanes) is 11. The van der Waals surface area contributed by atoms with Gasteiger partial charge in [-0.15, -0.1) is 0 Å². The second kappa shape index (κ2) is 14.4. The summed E-state index contributed by atoms with van der Waals surface area (Å²) in [7, 11) is 0. The third-order valence-corrected chi connectivity index (χ3v) is 3.86. The van der Waals surface area contributed by atoms with E-state index >= 15 is 0 Å².